The van der Waals surface area contributed by atoms with Gasteiger partial charge in [-0.25, -0.2) is 4.79 Å². The van der Waals surface area contributed by atoms with Crippen molar-refractivity contribution in [3.8, 4) is 0 Å². The van der Waals surface area contributed by atoms with Crippen molar-refractivity contribution in [2.24, 2.45) is 52.3 Å². The van der Waals surface area contributed by atoms with E-state index in [1.165, 1.54) is 70.3 Å². The molecule has 0 heterocycles. The molecular weight excluding hydrogens is 392 g/mol. The third-order valence-corrected chi connectivity index (χ3v) is 11.3. The van der Waals surface area contributed by atoms with Crippen molar-refractivity contribution in [2.75, 3.05) is 0 Å². The van der Waals surface area contributed by atoms with Crippen LogP contribution in [0.4, 0.5) is 0 Å². The maximum absolute atomic E-state index is 11.8. The normalized spacial score (nSPS) is 44.3. The van der Waals surface area contributed by atoms with Crippen LogP contribution in [0.3, 0.4) is 0 Å². The van der Waals surface area contributed by atoms with Gasteiger partial charge in [0.2, 0.25) is 0 Å². The molecule has 4 fully saturated rings. The fraction of sp³-hybridized carbons (Fsp3) is 0.900. The van der Waals surface area contributed by atoms with Crippen LogP contribution in [-0.2, 0) is 9.53 Å². The molecule has 32 heavy (non-hydrogen) atoms. The van der Waals surface area contributed by atoms with Crippen molar-refractivity contribution >= 4 is 5.97 Å². The van der Waals surface area contributed by atoms with Crippen LogP contribution in [0.15, 0.2) is 12.7 Å². The standard InChI is InChI=1S/C30H50O2/c1-7-28(31)32-23-15-17-29(5)22(19-23)11-12-24-26-14-13-25(21(4)10-8-9-20(2)3)30(26,6)18-16-27(24)29/h7,20-27H,1,8-19H2,2-6H3/t21-,22?,23?,24+,25-,26+,27+,29+,30-/m1/s1. The van der Waals surface area contributed by atoms with Gasteiger partial charge in [-0.3, -0.25) is 0 Å². The van der Waals surface area contributed by atoms with Crippen molar-refractivity contribution in [1.29, 1.82) is 0 Å². The summed E-state index contributed by atoms with van der Waals surface area (Å²) >= 11 is 0. The molecule has 182 valence electrons. The Bertz CT molecular complexity index is 682. The van der Waals surface area contributed by atoms with Crippen LogP contribution in [0.2, 0.25) is 0 Å². The molecule has 2 nitrogen and oxygen atoms in total. The van der Waals surface area contributed by atoms with E-state index in [0.717, 1.165) is 54.3 Å². The zero-order chi connectivity index (χ0) is 23.1. The topological polar surface area (TPSA) is 26.3 Å². The second-order valence-corrected chi connectivity index (χ2v) is 13.2. The fourth-order valence-corrected chi connectivity index (χ4v) is 9.56. The van der Waals surface area contributed by atoms with E-state index in [2.05, 4.69) is 41.2 Å². The zero-order valence-electron chi connectivity index (χ0n) is 21.7. The largest absolute Gasteiger partial charge is 0.459 e. The molecule has 0 aliphatic heterocycles. The van der Waals surface area contributed by atoms with Crippen LogP contribution in [-0.4, -0.2) is 12.1 Å². The number of hydrogen-bond acceptors (Lipinski definition) is 2. The predicted octanol–water partition coefficient (Wildman–Crippen LogP) is 8.21. The summed E-state index contributed by atoms with van der Waals surface area (Å²) in [7, 11) is 0. The monoisotopic (exact) mass is 442 g/mol. The van der Waals surface area contributed by atoms with Gasteiger partial charge in [-0.05, 0) is 110 Å². The van der Waals surface area contributed by atoms with Crippen molar-refractivity contribution in [3.05, 3.63) is 12.7 Å². The quantitative estimate of drug-likeness (QED) is 0.293. The van der Waals surface area contributed by atoms with Gasteiger partial charge in [-0.1, -0.05) is 60.5 Å². The van der Waals surface area contributed by atoms with Crippen LogP contribution < -0.4 is 0 Å². The van der Waals surface area contributed by atoms with E-state index in [-0.39, 0.29) is 12.1 Å². The fourth-order valence-electron chi connectivity index (χ4n) is 9.56. The Kier molecular flexibility index (Phi) is 7.19. The third kappa shape index (κ3) is 4.34. The predicted molar refractivity (Wildman–Crippen MR) is 133 cm³/mol. The SMILES string of the molecule is C=CC(=O)OC1CC[C@@]2(C)C(CC[C@H]3[C@@H]4CC[C@H]([C@H](C)CCCC(C)C)[C@@]4(C)CC[C@@H]32)C1. The molecule has 0 amide bonds. The minimum atomic E-state index is -0.236. The van der Waals surface area contributed by atoms with E-state index < -0.39 is 0 Å². The first kappa shape index (κ1) is 24.3. The van der Waals surface area contributed by atoms with Gasteiger partial charge >= 0.3 is 5.97 Å². The maximum Gasteiger partial charge on any atom is 0.330 e. The Morgan fingerprint density at radius 3 is 2.41 bits per heavy atom. The molecule has 0 spiro atoms. The Morgan fingerprint density at radius 2 is 1.69 bits per heavy atom. The first-order valence-electron chi connectivity index (χ1n) is 14.0. The van der Waals surface area contributed by atoms with Crippen molar-refractivity contribution in [3.63, 3.8) is 0 Å². The van der Waals surface area contributed by atoms with Gasteiger partial charge in [-0.2, -0.15) is 0 Å². The molecular formula is C30H50O2. The molecule has 4 saturated carbocycles. The van der Waals surface area contributed by atoms with E-state index >= 15 is 0 Å². The van der Waals surface area contributed by atoms with Crippen molar-refractivity contribution in [1.82, 2.24) is 0 Å². The summed E-state index contributed by atoms with van der Waals surface area (Å²) < 4.78 is 5.69. The van der Waals surface area contributed by atoms with Gasteiger partial charge in [0.15, 0.2) is 0 Å². The van der Waals surface area contributed by atoms with E-state index in [1.54, 1.807) is 0 Å². The molecule has 0 aromatic carbocycles. The Morgan fingerprint density at radius 1 is 0.969 bits per heavy atom. The van der Waals surface area contributed by atoms with Gasteiger partial charge < -0.3 is 4.74 Å². The third-order valence-electron chi connectivity index (χ3n) is 11.3. The number of rotatable bonds is 7. The molecule has 4 aliphatic rings. The van der Waals surface area contributed by atoms with Gasteiger partial charge in [-0.15, -0.1) is 0 Å². The van der Waals surface area contributed by atoms with E-state index in [9.17, 15) is 4.79 Å². The Hall–Kier alpha value is -0.790. The van der Waals surface area contributed by atoms with E-state index in [0.29, 0.717) is 10.8 Å². The summed E-state index contributed by atoms with van der Waals surface area (Å²) in [5.74, 6) is 5.96. The lowest BCUT2D eigenvalue weighted by atomic mass is 9.44. The summed E-state index contributed by atoms with van der Waals surface area (Å²) in [6, 6.07) is 0. The highest BCUT2D eigenvalue weighted by atomic mass is 16.5. The number of esters is 1. The molecule has 0 bridgehead atoms. The maximum atomic E-state index is 11.8. The number of carbonyl (C=O) groups is 1. The number of fused-ring (bicyclic) bond motifs is 5. The smallest absolute Gasteiger partial charge is 0.330 e. The van der Waals surface area contributed by atoms with Crippen LogP contribution in [0, 0.1) is 52.3 Å². The van der Waals surface area contributed by atoms with Crippen LogP contribution in [0.1, 0.15) is 112 Å². The lowest BCUT2D eigenvalue weighted by Crippen LogP contribution is -2.54. The van der Waals surface area contributed by atoms with E-state index in [4.69, 9.17) is 4.74 Å². The highest BCUT2D eigenvalue weighted by molar-refractivity contribution is 5.81. The lowest BCUT2D eigenvalue weighted by molar-refractivity contribution is -0.158. The second kappa shape index (κ2) is 9.46. The van der Waals surface area contributed by atoms with Gasteiger partial charge in [0.1, 0.15) is 6.10 Å². The second-order valence-electron chi connectivity index (χ2n) is 13.2. The lowest BCUT2D eigenvalue weighted by Gasteiger charge is -2.61. The molecule has 0 aromatic rings. The highest BCUT2D eigenvalue weighted by Gasteiger charge is 2.60. The number of ether oxygens (including phenoxy) is 1. The van der Waals surface area contributed by atoms with Gasteiger partial charge in [0.05, 0.1) is 0 Å². The zero-order valence-corrected chi connectivity index (χ0v) is 21.7. The van der Waals surface area contributed by atoms with Crippen LogP contribution in [0.5, 0.6) is 0 Å². The molecule has 0 radical (unpaired) electrons. The molecule has 0 aromatic heterocycles. The molecule has 2 heteroatoms. The summed E-state index contributed by atoms with van der Waals surface area (Å²) in [6.07, 6.45) is 17.7. The highest BCUT2D eigenvalue weighted by Crippen LogP contribution is 2.68. The first-order valence-corrected chi connectivity index (χ1v) is 14.0. The Balaban J connectivity index is 1.42. The summed E-state index contributed by atoms with van der Waals surface area (Å²) in [5.41, 5.74) is 1.04. The Labute approximate surface area is 198 Å². The minimum Gasteiger partial charge on any atom is -0.459 e. The molecule has 0 saturated heterocycles. The summed E-state index contributed by atoms with van der Waals surface area (Å²) in [6.45, 7) is 16.2. The number of hydrogen-bond donors (Lipinski definition) is 0. The molecule has 9 atom stereocenters. The average molecular weight is 443 g/mol. The van der Waals surface area contributed by atoms with Crippen molar-refractivity contribution in [2.45, 2.75) is 118 Å². The van der Waals surface area contributed by atoms with E-state index in [1.807, 2.05) is 0 Å². The summed E-state index contributed by atoms with van der Waals surface area (Å²) in [4.78, 5) is 11.8. The summed E-state index contributed by atoms with van der Waals surface area (Å²) in [5, 5.41) is 0. The number of carbonyl (C=O) groups excluding carboxylic acids is 1. The van der Waals surface area contributed by atoms with Gasteiger partial charge in [0, 0.05) is 6.08 Å². The molecule has 4 rings (SSSR count). The van der Waals surface area contributed by atoms with Crippen molar-refractivity contribution < 1.29 is 9.53 Å². The van der Waals surface area contributed by atoms with Gasteiger partial charge in [0.25, 0.3) is 0 Å². The minimum absolute atomic E-state index is 0.117. The average Bonchev–Trinajstić information content (AvgIpc) is 3.11. The molecule has 2 unspecified atom stereocenters. The van der Waals surface area contributed by atoms with Crippen LogP contribution in [0.25, 0.3) is 0 Å². The van der Waals surface area contributed by atoms with Crippen LogP contribution >= 0.6 is 0 Å². The molecule has 0 N–H and O–H groups in total. The molecule has 4 aliphatic carbocycles. The first-order chi connectivity index (χ1) is 15.2.